The summed E-state index contributed by atoms with van der Waals surface area (Å²) in [7, 11) is 0. The Morgan fingerprint density at radius 1 is 1.44 bits per heavy atom. The van der Waals surface area contributed by atoms with E-state index in [0.29, 0.717) is 6.04 Å². The highest BCUT2D eigenvalue weighted by Gasteiger charge is 2.11. The molecular formula is C4H12Cl2N2O. The van der Waals surface area contributed by atoms with Gasteiger partial charge in [-0.3, -0.25) is 11.3 Å². The van der Waals surface area contributed by atoms with Crippen molar-refractivity contribution in [2.24, 2.45) is 5.84 Å². The van der Waals surface area contributed by atoms with Crippen molar-refractivity contribution >= 4 is 24.8 Å². The van der Waals surface area contributed by atoms with Crippen molar-refractivity contribution in [3.05, 3.63) is 0 Å². The van der Waals surface area contributed by atoms with Crippen LogP contribution in [0.5, 0.6) is 0 Å². The van der Waals surface area contributed by atoms with Crippen LogP contribution in [0.15, 0.2) is 0 Å². The molecule has 0 aromatic heterocycles. The average Bonchev–Trinajstić information content (AvgIpc) is 2.14. The predicted molar refractivity (Wildman–Crippen MR) is 41.0 cm³/mol. The normalized spacial score (nSPS) is 24.3. The van der Waals surface area contributed by atoms with E-state index in [1.165, 1.54) is 0 Å². The Labute approximate surface area is 67.1 Å². The molecule has 1 aliphatic heterocycles. The number of hydrogen-bond acceptors (Lipinski definition) is 3. The zero-order chi connectivity index (χ0) is 5.11. The van der Waals surface area contributed by atoms with Gasteiger partial charge < -0.3 is 4.74 Å². The summed E-state index contributed by atoms with van der Waals surface area (Å²) >= 11 is 0. The van der Waals surface area contributed by atoms with Crippen LogP contribution in [0.4, 0.5) is 0 Å². The molecule has 9 heavy (non-hydrogen) atoms. The van der Waals surface area contributed by atoms with Gasteiger partial charge in [0.05, 0.1) is 6.61 Å². The van der Waals surface area contributed by atoms with E-state index in [1.54, 1.807) is 0 Å². The van der Waals surface area contributed by atoms with Crippen LogP contribution in [0.1, 0.15) is 6.42 Å². The number of rotatable bonds is 1. The Hall–Kier alpha value is 0.460. The van der Waals surface area contributed by atoms with Crippen LogP contribution in [-0.2, 0) is 4.74 Å². The summed E-state index contributed by atoms with van der Waals surface area (Å²) in [6.07, 6.45) is 1.05. The number of halogens is 2. The average molecular weight is 175 g/mol. The van der Waals surface area contributed by atoms with Gasteiger partial charge in [-0.15, -0.1) is 24.8 Å². The second kappa shape index (κ2) is 6.58. The van der Waals surface area contributed by atoms with Gasteiger partial charge in [0.25, 0.3) is 0 Å². The van der Waals surface area contributed by atoms with Gasteiger partial charge in [0.2, 0.25) is 0 Å². The van der Waals surface area contributed by atoms with E-state index in [9.17, 15) is 0 Å². The molecule has 1 saturated heterocycles. The van der Waals surface area contributed by atoms with Crippen LogP contribution in [-0.4, -0.2) is 19.3 Å². The van der Waals surface area contributed by atoms with Gasteiger partial charge in [-0.25, -0.2) is 0 Å². The zero-order valence-corrected chi connectivity index (χ0v) is 6.63. The first-order valence-electron chi connectivity index (χ1n) is 2.47. The van der Waals surface area contributed by atoms with Crippen molar-refractivity contribution in [3.63, 3.8) is 0 Å². The lowest BCUT2D eigenvalue weighted by atomic mass is 10.3. The quantitative estimate of drug-likeness (QED) is 0.438. The molecule has 58 valence electrons. The molecule has 3 N–H and O–H groups in total. The number of nitrogens with two attached hydrogens (primary N) is 1. The Morgan fingerprint density at radius 3 is 2.33 bits per heavy atom. The van der Waals surface area contributed by atoms with Crippen molar-refractivity contribution < 1.29 is 4.74 Å². The molecule has 0 aliphatic carbocycles. The first-order chi connectivity index (χ1) is 3.43. The van der Waals surface area contributed by atoms with E-state index in [4.69, 9.17) is 10.6 Å². The summed E-state index contributed by atoms with van der Waals surface area (Å²) in [5.74, 6) is 5.10. The minimum atomic E-state index is 0. The van der Waals surface area contributed by atoms with Gasteiger partial charge in [0, 0.05) is 12.6 Å². The SMILES string of the molecule is Cl.Cl.NNC1CCOC1. The number of ether oxygens (including phenoxy) is 1. The molecule has 0 radical (unpaired) electrons. The molecule has 1 heterocycles. The molecule has 0 bridgehead atoms. The summed E-state index contributed by atoms with van der Waals surface area (Å²) in [5, 5.41) is 0. The highest BCUT2D eigenvalue weighted by molar-refractivity contribution is 5.85. The van der Waals surface area contributed by atoms with Crippen molar-refractivity contribution in [1.29, 1.82) is 0 Å². The molecule has 0 aromatic carbocycles. The molecule has 1 atom stereocenters. The fraction of sp³-hybridized carbons (Fsp3) is 1.00. The molecule has 1 aliphatic rings. The first kappa shape index (κ1) is 12.2. The maximum Gasteiger partial charge on any atom is 0.0633 e. The van der Waals surface area contributed by atoms with Crippen LogP contribution < -0.4 is 11.3 Å². The number of nitrogens with one attached hydrogen (secondary N) is 1. The summed E-state index contributed by atoms with van der Waals surface area (Å²) in [6, 6.07) is 0.403. The fourth-order valence-corrected chi connectivity index (χ4v) is 0.666. The summed E-state index contributed by atoms with van der Waals surface area (Å²) in [5.41, 5.74) is 2.64. The topological polar surface area (TPSA) is 47.3 Å². The molecule has 1 rings (SSSR count). The second-order valence-corrected chi connectivity index (χ2v) is 1.73. The largest absolute Gasteiger partial charge is 0.380 e. The van der Waals surface area contributed by atoms with E-state index < -0.39 is 0 Å². The molecule has 3 nitrogen and oxygen atoms in total. The third-order valence-electron chi connectivity index (χ3n) is 1.17. The third kappa shape index (κ3) is 3.95. The molecular weight excluding hydrogens is 163 g/mol. The standard InChI is InChI=1S/C4H10N2O.2ClH/c5-6-4-1-2-7-3-4;;/h4,6H,1-3,5H2;2*1H. The van der Waals surface area contributed by atoms with E-state index >= 15 is 0 Å². The van der Waals surface area contributed by atoms with Crippen LogP contribution in [0.3, 0.4) is 0 Å². The van der Waals surface area contributed by atoms with Gasteiger partial charge in [-0.2, -0.15) is 0 Å². The lowest BCUT2D eigenvalue weighted by Crippen LogP contribution is -2.34. The molecule has 0 spiro atoms. The zero-order valence-electron chi connectivity index (χ0n) is 5.00. The fourth-order valence-electron chi connectivity index (χ4n) is 0.666. The smallest absolute Gasteiger partial charge is 0.0633 e. The second-order valence-electron chi connectivity index (χ2n) is 1.73. The Bertz CT molecular complexity index is 58.5. The number of hydrazine groups is 1. The Balaban J connectivity index is 0. The van der Waals surface area contributed by atoms with Crippen LogP contribution in [0.25, 0.3) is 0 Å². The molecule has 1 fully saturated rings. The minimum absolute atomic E-state index is 0. The predicted octanol–water partition coefficient (Wildman–Crippen LogP) is 0.0822. The molecule has 0 amide bonds. The van der Waals surface area contributed by atoms with Crippen LogP contribution in [0.2, 0.25) is 0 Å². The molecule has 0 saturated carbocycles. The van der Waals surface area contributed by atoms with Crippen molar-refractivity contribution in [3.8, 4) is 0 Å². The van der Waals surface area contributed by atoms with Gasteiger partial charge in [0.1, 0.15) is 0 Å². The van der Waals surface area contributed by atoms with Crippen molar-refractivity contribution in [2.75, 3.05) is 13.2 Å². The summed E-state index contributed by atoms with van der Waals surface area (Å²) < 4.78 is 5.01. The van der Waals surface area contributed by atoms with Gasteiger partial charge in [-0.05, 0) is 6.42 Å². The summed E-state index contributed by atoms with van der Waals surface area (Å²) in [4.78, 5) is 0. The first-order valence-corrected chi connectivity index (χ1v) is 2.47. The molecule has 5 heteroatoms. The Kier molecular flexibility index (Phi) is 8.89. The van der Waals surface area contributed by atoms with Crippen LogP contribution in [0, 0.1) is 0 Å². The number of hydrogen-bond donors (Lipinski definition) is 2. The van der Waals surface area contributed by atoms with Crippen molar-refractivity contribution in [2.45, 2.75) is 12.5 Å². The van der Waals surface area contributed by atoms with E-state index in [-0.39, 0.29) is 24.8 Å². The maximum atomic E-state index is 5.10. The van der Waals surface area contributed by atoms with Gasteiger partial charge in [-0.1, -0.05) is 0 Å². The molecule has 1 unspecified atom stereocenters. The van der Waals surface area contributed by atoms with E-state index in [1.807, 2.05) is 0 Å². The highest BCUT2D eigenvalue weighted by atomic mass is 35.5. The molecule has 0 aromatic rings. The summed E-state index contributed by atoms with van der Waals surface area (Å²) in [6.45, 7) is 1.63. The van der Waals surface area contributed by atoms with Crippen molar-refractivity contribution in [1.82, 2.24) is 5.43 Å². The van der Waals surface area contributed by atoms with Gasteiger partial charge >= 0.3 is 0 Å². The maximum absolute atomic E-state index is 5.10. The van der Waals surface area contributed by atoms with E-state index in [2.05, 4.69) is 5.43 Å². The lowest BCUT2D eigenvalue weighted by Gasteiger charge is -2.00. The lowest BCUT2D eigenvalue weighted by molar-refractivity contribution is 0.190. The van der Waals surface area contributed by atoms with Crippen LogP contribution >= 0.6 is 24.8 Å². The third-order valence-corrected chi connectivity index (χ3v) is 1.17. The Morgan fingerprint density at radius 2 is 2.11 bits per heavy atom. The van der Waals surface area contributed by atoms with E-state index in [0.717, 1.165) is 19.6 Å². The highest BCUT2D eigenvalue weighted by Crippen LogP contribution is 2.00. The van der Waals surface area contributed by atoms with Gasteiger partial charge in [0.15, 0.2) is 0 Å². The monoisotopic (exact) mass is 174 g/mol. The minimum Gasteiger partial charge on any atom is -0.380 e.